The van der Waals surface area contributed by atoms with Crippen molar-refractivity contribution in [3.05, 3.63) is 76.4 Å². The predicted molar refractivity (Wildman–Crippen MR) is 124 cm³/mol. The molecule has 1 saturated heterocycles. The first-order valence-corrected chi connectivity index (χ1v) is 10.9. The van der Waals surface area contributed by atoms with Crippen LogP contribution in [0, 0.1) is 6.92 Å². The molecule has 6 nitrogen and oxygen atoms in total. The van der Waals surface area contributed by atoms with Gasteiger partial charge < -0.3 is 15.4 Å². The highest BCUT2D eigenvalue weighted by atomic mass is 79.9. The highest BCUT2D eigenvalue weighted by Gasteiger charge is 2.23. The second-order valence-corrected chi connectivity index (χ2v) is 8.28. The van der Waals surface area contributed by atoms with Crippen molar-refractivity contribution in [1.82, 2.24) is 4.98 Å². The van der Waals surface area contributed by atoms with Gasteiger partial charge in [-0.05, 0) is 68.3 Å². The Balaban J connectivity index is 1.41. The fraction of sp³-hybridized carbons (Fsp3) is 0.208. The lowest BCUT2D eigenvalue weighted by atomic mass is 10.1. The molecule has 1 aromatic heterocycles. The van der Waals surface area contributed by atoms with E-state index in [0.29, 0.717) is 29.2 Å². The molecule has 1 atom stereocenters. The number of carbonyl (C=O) groups excluding carboxylic acids is 2. The fourth-order valence-corrected chi connectivity index (χ4v) is 3.85. The molecule has 0 radical (unpaired) electrons. The van der Waals surface area contributed by atoms with Gasteiger partial charge in [0.15, 0.2) is 0 Å². The predicted octanol–water partition coefficient (Wildman–Crippen LogP) is 5.19. The first-order valence-electron chi connectivity index (χ1n) is 10.1. The number of carbonyl (C=O) groups is 2. The van der Waals surface area contributed by atoms with E-state index in [9.17, 15) is 9.59 Å². The maximum atomic E-state index is 12.7. The summed E-state index contributed by atoms with van der Waals surface area (Å²) in [4.78, 5) is 29.5. The number of hydrogen-bond acceptors (Lipinski definition) is 4. The molecule has 1 aliphatic heterocycles. The van der Waals surface area contributed by atoms with Crippen LogP contribution in [0.25, 0.3) is 11.3 Å². The molecule has 0 saturated carbocycles. The molecule has 1 fully saturated rings. The van der Waals surface area contributed by atoms with Gasteiger partial charge in [0, 0.05) is 28.0 Å². The summed E-state index contributed by atoms with van der Waals surface area (Å²) in [5, 5.41) is 5.72. The first-order chi connectivity index (χ1) is 15.0. The van der Waals surface area contributed by atoms with E-state index in [1.54, 1.807) is 30.3 Å². The zero-order valence-electron chi connectivity index (χ0n) is 17.0. The highest BCUT2D eigenvalue weighted by molar-refractivity contribution is 9.10. The number of anilines is 2. The van der Waals surface area contributed by atoms with Crippen LogP contribution in [-0.4, -0.2) is 29.5 Å². The third kappa shape index (κ3) is 5.18. The van der Waals surface area contributed by atoms with E-state index in [1.165, 1.54) is 0 Å². The van der Waals surface area contributed by atoms with Crippen molar-refractivity contribution in [2.45, 2.75) is 25.9 Å². The minimum Gasteiger partial charge on any atom is -0.368 e. The van der Waals surface area contributed by atoms with E-state index in [4.69, 9.17) is 4.74 Å². The maximum Gasteiger partial charge on any atom is 0.257 e. The zero-order chi connectivity index (χ0) is 21.8. The Kier molecular flexibility index (Phi) is 6.44. The SMILES string of the molecule is Cc1nc(-c2cccc(Br)c2)ccc1C(=O)Nc1ccc(NC(=O)[C@@H]2CCCO2)cc1. The van der Waals surface area contributed by atoms with Gasteiger partial charge >= 0.3 is 0 Å². The molecule has 3 aromatic rings. The van der Waals surface area contributed by atoms with E-state index < -0.39 is 0 Å². The van der Waals surface area contributed by atoms with Crippen molar-refractivity contribution < 1.29 is 14.3 Å². The van der Waals surface area contributed by atoms with Gasteiger partial charge in [-0.1, -0.05) is 28.1 Å². The number of benzene rings is 2. The van der Waals surface area contributed by atoms with Crippen LogP contribution in [0.1, 0.15) is 28.9 Å². The molecular formula is C24H22BrN3O3. The minimum absolute atomic E-state index is 0.137. The molecule has 2 amide bonds. The van der Waals surface area contributed by atoms with Crippen molar-refractivity contribution in [3.63, 3.8) is 0 Å². The lowest BCUT2D eigenvalue weighted by Crippen LogP contribution is -2.26. The summed E-state index contributed by atoms with van der Waals surface area (Å²) in [7, 11) is 0. The van der Waals surface area contributed by atoms with Crippen LogP contribution in [-0.2, 0) is 9.53 Å². The lowest BCUT2D eigenvalue weighted by Gasteiger charge is -2.12. The summed E-state index contributed by atoms with van der Waals surface area (Å²) >= 11 is 3.47. The van der Waals surface area contributed by atoms with Crippen molar-refractivity contribution in [3.8, 4) is 11.3 Å². The van der Waals surface area contributed by atoms with Gasteiger partial charge in [0.2, 0.25) is 0 Å². The second kappa shape index (κ2) is 9.41. The average Bonchev–Trinajstić information content (AvgIpc) is 3.30. The van der Waals surface area contributed by atoms with Gasteiger partial charge in [0.1, 0.15) is 6.10 Å². The summed E-state index contributed by atoms with van der Waals surface area (Å²) < 4.78 is 6.36. The van der Waals surface area contributed by atoms with Crippen LogP contribution in [0.2, 0.25) is 0 Å². The summed E-state index contributed by atoms with van der Waals surface area (Å²) in [6.07, 6.45) is 1.27. The van der Waals surface area contributed by atoms with Crippen LogP contribution in [0.4, 0.5) is 11.4 Å². The van der Waals surface area contributed by atoms with E-state index in [0.717, 1.165) is 28.6 Å². The number of hydrogen-bond donors (Lipinski definition) is 2. The number of aromatic nitrogens is 1. The molecule has 1 aliphatic rings. The molecule has 2 heterocycles. The first kappa shape index (κ1) is 21.2. The molecule has 2 aromatic carbocycles. The standard InChI is InChI=1S/C24H22BrN3O3/c1-15-20(11-12-21(26-15)16-4-2-5-17(25)14-16)23(29)27-18-7-9-19(10-8-18)28-24(30)22-6-3-13-31-22/h2,4-5,7-12,14,22H,3,6,13H2,1H3,(H,27,29)(H,28,30)/t22-/m0/s1. The molecule has 0 spiro atoms. The maximum absolute atomic E-state index is 12.7. The number of nitrogens with one attached hydrogen (secondary N) is 2. The van der Waals surface area contributed by atoms with Crippen LogP contribution in [0.15, 0.2) is 65.1 Å². The Morgan fingerprint density at radius 1 is 1.03 bits per heavy atom. The Bertz CT molecular complexity index is 1110. The van der Waals surface area contributed by atoms with Gasteiger partial charge in [-0.25, -0.2) is 0 Å². The fourth-order valence-electron chi connectivity index (χ4n) is 3.45. The van der Waals surface area contributed by atoms with Crippen LogP contribution < -0.4 is 10.6 Å². The normalized spacial score (nSPS) is 15.5. The van der Waals surface area contributed by atoms with E-state index in [2.05, 4.69) is 31.5 Å². The van der Waals surface area contributed by atoms with Crippen molar-refractivity contribution in [2.75, 3.05) is 17.2 Å². The van der Waals surface area contributed by atoms with Gasteiger partial charge in [-0.15, -0.1) is 0 Å². The van der Waals surface area contributed by atoms with Gasteiger partial charge in [-0.3, -0.25) is 14.6 Å². The quantitative estimate of drug-likeness (QED) is 0.527. The van der Waals surface area contributed by atoms with E-state index in [1.807, 2.05) is 37.3 Å². The lowest BCUT2D eigenvalue weighted by molar-refractivity contribution is -0.124. The van der Waals surface area contributed by atoms with E-state index in [-0.39, 0.29) is 17.9 Å². The Labute approximate surface area is 189 Å². The third-order valence-electron chi connectivity index (χ3n) is 5.08. The van der Waals surface area contributed by atoms with E-state index >= 15 is 0 Å². The second-order valence-electron chi connectivity index (χ2n) is 7.36. The number of amides is 2. The molecule has 0 bridgehead atoms. The third-order valence-corrected chi connectivity index (χ3v) is 5.58. The molecule has 158 valence electrons. The molecule has 7 heteroatoms. The number of rotatable bonds is 5. The number of ether oxygens (including phenoxy) is 1. The number of aryl methyl sites for hydroxylation is 1. The number of halogens is 1. The van der Waals surface area contributed by atoms with Crippen molar-refractivity contribution >= 4 is 39.1 Å². The Hall–Kier alpha value is -3.03. The Morgan fingerprint density at radius 2 is 1.77 bits per heavy atom. The molecule has 0 unspecified atom stereocenters. The monoisotopic (exact) mass is 479 g/mol. The summed E-state index contributed by atoms with van der Waals surface area (Å²) in [5.41, 5.74) is 4.24. The van der Waals surface area contributed by atoms with Gasteiger partial charge in [0.25, 0.3) is 11.8 Å². The van der Waals surface area contributed by atoms with Crippen LogP contribution >= 0.6 is 15.9 Å². The van der Waals surface area contributed by atoms with Gasteiger partial charge in [-0.2, -0.15) is 0 Å². The largest absolute Gasteiger partial charge is 0.368 e. The number of pyridine rings is 1. The summed E-state index contributed by atoms with van der Waals surface area (Å²) in [6, 6.07) is 18.5. The van der Waals surface area contributed by atoms with Gasteiger partial charge in [0.05, 0.1) is 17.0 Å². The molecule has 31 heavy (non-hydrogen) atoms. The Morgan fingerprint density at radius 3 is 2.42 bits per heavy atom. The summed E-state index contributed by atoms with van der Waals surface area (Å²) in [6.45, 7) is 2.45. The van der Waals surface area contributed by atoms with Crippen molar-refractivity contribution in [1.29, 1.82) is 0 Å². The number of nitrogens with zero attached hydrogens (tertiary/aromatic N) is 1. The average molecular weight is 480 g/mol. The van der Waals surface area contributed by atoms with Crippen LogP contribution in [0.5, 0.6) is 0 Å². The highest BCUT2D eigenvalue weighted by Crippen LogP contribution is 2.23. The minimum atomic E-state index is -0.380. The molecular weight excluding hydrogens is 458 g/mol. The summed E-state index contributed by atoms with van der Waals surface area (Å²) in [5.74, 6) is -0.372. The molecule has 4 rings (SSSR count). The topological polar surface area (TPSA) is 80.3 Å². The smallest absolute Gasteiger partial charge is 0.257 e. The molecule has 2 N–H and O–H groups in total. The van der Waals surface area contributed by atoms with Crippen molar-refractivity contribution in [2.24, 2.45) is 0 Å². The molecule has 0 aliphatic carbocycles. The zero-order valence-corrected chi connectivity index (χ0v) is 18.6. The van der Waals surface area contributed by atoms with Crippen LogP contribution in [0.3, 0.4) is 0 Å².